The van der Waals surface area contributed by atoms with Crippen LogP contribution >= 0.6 is 0 Å². The Labute approximate surface area is 144 Å². The lowest BCUT2D eigenvalue weighted by atomic mass is 9.99. The summed E-state index contributed by atoms with van der Waals surface area (Å²) < 4.78 is 10.5. The molecule has 0 fully saturated rings. The van der Waals surface area contributed by atoms with Crippen molar-refractivity contribution in [1.82, 2.24) is 5.32 Å². The topological polar surface area (TPSA) is 109 Å². The van der Waals surface area contributed by atoms with E-state index in [9.17, 15) is 19.5 Å². The molecular weight excluding hydrogens is 326 g/mol. The standard InChI is InChI=1S/C18H21NO6/c1-4-10(2)17(18(22)23)19-15(20)9-24-12-5-6-13-11(3)7-16(21)25-14(13)8-12/h5-8,10,17H,4,9H2,1-3H3,(H,19,20)(H,22,23)/p-1/t10-,17+/m0/s1. The van der Waals surface area contributed by atoms with E-state index in [1.54, 1.807) is 26.0 Å². The van der Waals surface area contributed by atoms with Gasteiger partial charge in [0.2, 0.25) is 0 Å². The third kappa shape index (κ3) is 4.59. The van der Waals surface area contributed by atoms with Crippen LogP contribution in [0.3, 0.4) is 0 Å². The number of hydrogen-bond donors (Lipinski definition) is 1. The quantitative estimate of drug-likeness (QED) is 0.742. The van der Waals surface area contributed by atoms with Crippen LogP contribution in [0.25, 0.3) is 11.0 Å². The third-order valence-corrected chi connectivity index (χ3v) is 4.08. The minimum absolute atomic E-state index is 0.258. The predicted octanol–water partition coefficient (Wildman–Crippen LogP) is 0.761. The summed E-state index contributed by atoms with van der Waals surface area (Å²) in [7, 11) is 0. The molecular formula is C18H20NO6-. The number of carboxylic acid groups (broad SMARTS) is 1. The molecule has 1 N–H and O–H groups in total. The second-order valence-electron chi connectivity index (χ2n) is 5.94. The van der Waals surface area contributed by atoms with Gasteiger partial charge in [0.25, 0.3) is 5.91 Å². The Balaban J connectivity index is 2.05. The summed E-state index contributed by atoms with van der Waals surface area (Å²) in [5.74, 6) is -1.82. The Hall–Kier alpha value is -2.83. The molecule has 7 nitrogen and oxygen atoms in total. The molecule has 0 unspecified atom stereocenters. The lowest BCUT2D eigenvalue weighted by Gasteiger charge is -2.25. The predicted molar refractivity (Wildman–Crippen MR) is 89.1 cm³/mol. The van der Waals surface area contributed by atoms with E-state index >= 15 is 0 Å². The van der Waals surface area contributed by atoms with Gasteiger partial charge in [0.1, 0.15) is 11.3 Å². The molecule has 0 spiro atoms. The maximum atomic E-state index is 11.9. The highest BCUT2D eigenvalue weighted by Gasteiger charge is 2.19. The number of nitrogens with one attached hydrogen (secondary N) is 1. The van der Waals surface area contributed by atoms with Crippen molar-refractivity contribution in [2.45, 2.75) is 33.2 Å². The zero-order valence-corrected chi connectivity index (χ0v) is 14.3. The number of carboxylic acids is 1. The molecule has 0 bridgehead atoms. The fraction of sp³-hybridized carbons (Fsp3) is 0.389. The van der Waals surface area contributed by atoms with Crippen molar-refractivity contribution in [2.75, 3.05) is 6.61 Å². The van der Waals surface area contributed by atoms with Crippen molar-refractivity contribution >= 4 is 22.8 Å². The normalized spacial score (nSPS) is 13.2. The van der Waals surface area contributed by atoms with Crippen LogP contribution in [0.4, 0.5) is 0 Å². The molecule has 7 heteroatoms. The SMILES string of the molecule is CC[C@H](C)[C@@H](NC(=O)COc1ccc2c(C)cc(=O)oc2c1)C(=O)[O-]. The average Bonchev–Trinajstić information content (AvgIpc) is 2.56. The molecule has 0 saturated heterocycles. The van der Waals surface area contributed by atoms with Crippen LogP contribution in [0.5, 0.6) is 5.75 Å². The van der Waals surface area contributed by atoms with Crippen LogP contribution in [-0.4, -0.2) is 24.5 Å². The number of aryl methyl sites for hydroxylation is 1. The zero-order valence-electron chi connectivity index (χ0n) is 14.3. The van der Waals surface area contributed by atoms with E-state index in [2.05, 4.69) is 5.32 Å². The van der Waals surface area contributed by atoms with Crippen molar-refractivity contribution in [2.24, 2.45) is 5.92 Å². The highest BCUT2D eigenvalue weighted by atomic mass is 16.5. The van der Waals surface area contributed by atoms with E-state index < -0.39 is 23.5 Å². The van der Waals surface area contributed by atoms with E-state index in [0.717, 1.165) is 10.9 Å². The van der Waals surface area contributed by atoms with Gasteiger partial charge in [-0.15, -0.1) is 0 Å². The number of carbonyl (C=O) groups is 2. The summed E-state index contributed by atoms with van der Waals surface area (Å²) in [5, 5.41) is 14.3. The Morgan fingerprint density at radius 1 is 1.32 bits per heavy atom. The maximum absolute atomic E-state index is 11.9. The van der Waals surface area contributed by atoms with Gasteiger partial charge in [0, 0.05) is 17.5 Å². The molecule has 2 rings (SSSR count). The van der Waals surface area contributed by atoms with E-state index in [1.807, 2.05) is 6.92 Å². The van der Waals surface area contributed by atoms with Crippen LogP contribution in [-0.2, 0) is 9.59 Å². The van der Waals surface area contributed by atoms with Crippen LogP contribution in [0.2, 0.25) is 0 Å². The van der Waals surface area contributed by atoms with Crippen molar-refractivity contribution in [3.8, 4) is 5.75 Å². The van der Waals surface area contributed by atoms with E-state index in [-0.39, 0.29) is 12.5 Å². The number of hydrogen-bond acceptors (Lipinski definition) is 6. The summed E-state index contributed by atoms with van der Waals surface area (Å²) in [6, 6.07) is 5.21. The molecule has 0 radical (unpaired) electrons. The number of carbonyl (C=O) groups excluding carboxylic acids is 2. The second kappa shape index (κ2) is 7.83. The van der Waals surface area contributed by atoms with E-state index in [0.29, 0.717) is 17.8 Å². The fourth-order valence-electron chi connectivity index (χ4n) is 2.43. The molecule has 2 aromatic rings. The van der Waals surface area contributed by atoms with E-state index in [4.69, 9.17) is 9.15 Å². The zero-order chi connectivity index (χ0) is 18.6. The van der Waals surface area contributed by atoms with Crippen LogP contribution in [0.1, 0.15) is 25.8 Å². The van der Waals surface area contributed by atoms with Gasteiger partial charge < -0.3 is 24.4 Å². The first-order chi connectivity index (χ1) is 11.8. The van der Waals surface area contributed by atoms with Gasteiger partial charge in [0.05, 0.1) is 12.0 Å². The van der Waals surface area contributed by atoms with Crippen molar-refractivity contribution in [3.63, 3.8) is 0 Å². The Bertz CT molecular complexity index is 841. The van der Waals surface area contributed by atoms with Gasteiger partial charge in [0.15, 0.2) is 6.61 Å². The minimum Gasteiger partial charge on any atom is -0.548 e. The Kier molecular flexibility index (Phi) is 5.80. The summed E-state index contributed by atoms with van der Waals surface area (Å²) >= 11 is 0. The molecule has 25 heavy (non-hydrogen) atoms. The molecule has 134 valence electrons. The highest BCUT2D eigenvalue weighted by molar-refractivity contribution is 5.84. The van der Waals surface area contributed by atoms with Gasteiger partial charge in [-0.25, -0.2) is 4.79 Å². The first-order valence-corrected chi connectivity index (χ1v) is 7.99. The monoisotopic (exact) mass is 346 g/mol. The molecule has 0 saturated carbocycles. The summed E-state index contributed by atoms with van der Waals surface area (Å²) in [6.45, 7) is 4.98. The highest BCUT2D eigenvalue weighted by Crippen LogP contribution is 2.22. The molecule has 0 aliphatic carbocycles. The van der Waals surface area contributed by atoms with Crippen LogP contribution in [0, 0.1) is 12.8 Å². The molecule has 0 aliphatic heterocycles. The van der Waals surface area contributed by atoms with Crippen molar-refractivity contribution < 1.29 is 23.8 Å². The minimum atomic E-state index is -1.33. The summed E-state index contributed by atoms with van der Waals surface area (Å²) in [4.78, 5) is 34.5. The summed E-state index contributed by atoms with van der Waals surface area (Å²) in [6.07, 6.45) is 0.586. The smallest absolute Gasteiger partial charge is 0.336 e. The Morgan fingerprint density at radius 2 is 2.04 bits per heavy atom. The number of ether oxygens (including phenoxy) is 1. The maximum Gasteiger partial charge on any atom is 0.336 e. The van der Waals surface area contributed by atoms with Gasteiger partial charge in [-0.2, -0.15) is 0 Å². The van der Waals surface area contributed by atoms with Crippen molar-refractivity contribution in [1.29, 1.82) is 0 Å². The second-order valence-corrected chi connectivity index (χ2v) is 5.94. The largest absolute Gasteiger partial charge is 0.548 e. The summed E-state index contributed by atoms with van der Waals surface area (Å²) in [5.41, 5.74) is 0.668. The van der Waals surface area contributed by atoms with Gasteiger partial charge in [-0.05, 0) is 30.5 Å². The van der Waals surface area contributed by atoms with E-state index in [1.165, 1.54) is 12.1 Å². The van der Waals surface area contributed by atoms with Crippen LogP contribution in [0.15, 0.2) is 33.5 Å². The number of fused-ring (bicyclic) bond motifs is 1. The molecule has 1 heterocycles. The molecule has 1 amide bonds. The number of amides is 1. The van der Waals surface area contributed by atoms with Gasteiger partial charge >= 0.3 is 5.63 Å². The first kappa shape index (κ1) is 18.5. The van der Waals surface area contributed by atoms with Gasteiger partial charge in [-0.3, -0.25) is 4.79 Å². The lowest BCUT2D eigenvalue weighted by molar-refractivity contribution is -0.309. The van der Waals surface area contributed by atoms with Crippen molar-refractivity contribution in [3.05, 3.63) is 40.2 Å². The third-order valence-electron chi connectivity index (χ3n) is 4.08. The first-order valence-electron chi connectivity index (χ1n) is 7.99. The molecule has 2 atom stereocenters. The van der Waals surface area contributed by atoms with Crippen LogP contribution < -0.4 is 20.8 Å². The number of rotatable bonds is 7. The average molecular weight is 346 g/mol. The number of aliphatic carboxylic acids is 1. The van der Waals surface area contributed by atoms with Gasteiger partial charge in [-0.1, -0.05) is 20.3 Å². The lowest BCUT2D eigenvalue weighted by Crippen LogP contribution is -2.52. The fourth-order valence-corrected chi connectivity index (χ4v) is 2.43. The number of benzene rings is 1. The Morgan fingerprint density at radius 3 is 2.68 bits per heavy atom. The molecule has 1 aromatic heterocycles. The molecule has 1 aromatic carbocycles. The molecule has 0 aliphatic rings.